The smallest absolute Gasteiger partial charge is 0.148 e. The highest BCUT2D eigenvalue weighted by Gasteiger charge is 2.21. The maximum absolute atomic E-state index is 6.49. The Morgan fingerprint density at radius 1 is 0.892 bits per heavy atom. The van der Waals surface area contributed by atoms with E-state index in [0.29, 0.717) is 5.92 Å². The molecule has 0 unspecified atom stereocenters. The summed E-state index contributed by atoms with van der Waals surface area (Å²) in [6, 6.07) is 24.4. The number of pyridine rings is 1. The van der Waals surface area contributed by atoms with Crippen LogP contribution in [0.3, 0.4) is 0 Å². The number of hydrogen-bond acceptors (Lipinski definition) is 3. The Labute approximate surface area is 223 Å². The Kier molecular flexibility index (Phi) is 5.72. The second-order valence-electron chi connectivity index (χ2n) is 11.7. The molecule has 6 rings (SSSR count). The van der Waals surface area contributed by atoms with Crippen LogP contribution in [0.5, 0.6) is 0 Å². The molecule has 3 heterocycles. The van der Waals surface area contributed by atoms with Gasteiger partial charge in [0.05, 0.1) is 10.6 Å². The molecule has 0 spiro atoms. The van der Waals surface area contributed by atoms with Crippen molar-refractivity contribution < 1.29 is 4.42 Å². The molecule has 0 atom stereocenters. The van der Waals surface area contributed by atoms with Crippen molar-refractivity contribution in [3.05, 3.63) is 89.6 Å². The number of aromatic nitrogens is 1. The van der Waals surface area contributed by atoms with E-state index in [1.54, 1.807) is 11.3 Å². The zero-order valence-electron chi connectivity index (χ0n) is 22.5. The van der Waals surface area contributed by atoms with Gasteiger partial charge in [-0.05, 0) is 76.9 Å². The largest absolute Gasteiger partial charge is 0.455 e. The van der Waals surface area contributed by atoms with E-state index in [1.807, 2.05) is 6.20 Å². The van der Waals surface area contributed by atoms with Gasteiger partial charge in [-0.2, -0.15) is 0 Å². The molecule has 3 heteroatoms. The van der Waals surface area contributed by atoms with Crippen molar-refractivity contribution in [2.75, 3.05) is 0 Å². The van der Waals surface area contributed by atoms with Gasteiger partial charge in [0, 0.05) is 32.8 Å². The van der Waals surface area contributed by atoms with Gasteiger partial charge in [-0.3, -0.25) is 4.98 Å². The summed E-state index contributed by atoms with van der Waals surface area (Å²) in [5, 5.41) is 4.94. The van der Waals surface area contributed by atoms with Crippen molar-refractivity contribution in [1.82, 2.24) is 4.98 Å². The molecule has 0 bridgehead atoms. The van der Waals surface area contributed by atoms with Crippen LogP contribution >= 0.6 is 11.3 Å². The van der Waals surface area contributed by atoms with Crippen LogP contribution in [-0.2, 0) is 11.8 Å². The first kappa shape index (κ1) is 23.9. The van der Waals surface area contributed by atoms with Gasteiger partial charge in [-0.25, -0.2) is 0 Å². The summed E-state index contributed by atoms with van der Waals surface area (Å²) in [5.41, 5.74) is 7.08. The lowest BCUT2D eigenvalue weighted by Gasteiger charge is -2.22. The normalized spacial score (nSPS) is 12.4. The molecule has 0 aliphatic heterocycles. The first-order valence-electron chi connectivity index (χ1n) is 13.1. The van der Waals surface area contributed by atoms with Crippen LogP contribution in [0.4, 0.5) is 0 Å². The average Bonchev–Trinajstić information content (AvgIpc) is 3.43. The Balaban J connectivity index is 1.51. The van der Waals surface area contributed by atoms with Gasteiger partial charge >= 0.3 is 0 Å². The molecule has 0 aliphatic carbocycles. The number of fused-ring (bicyclic) bond motifs is 3. The van der Waals surface area contributed by atoms with E-state index in [0.717, 1.165) is 28.3 Å². The summed E-state index contributed by atoms with van der Waals surface area (Å²) in [7, 11) is 0. The fourth-order valence-electron chi connectivity index (χ4n) is 5.48. The van der Waals surface area contributed by atoms with Gasteiger partial charge < -0.3 is 4.42 Å². The summed E-state index contributed by atoms with van der Waals surface area (Å²) in [4.78, 5) is 6.05. The molecule has 0 radical (unpaired) electrons. The van der Waals surface area contributed by atoms with Crippen LogP contribution in [0.15, 0.2) is 77.3 Å². The zero-order chi connectivity index (χ0) is 25.9. The fourth-order valence-corrected chi connectivity index (χ4v) is 6.57. The first-order chi connectivity index (χ1) is 17.7. The van der Waals surface area contributed by atoms with Crippen molar-refractivity contribution in [3.8, 4) is 21.9 Å². The molecule has 3 aromatic heterocycles. The highest BCUT2D eigenvalue weighted by molar-refractivity contribution is 7.22. The topological polar surface area (TPSA) is 26.0 Å². The molecule has 2 nitrogen and oxygen atoms in total. The van der Waals surface area contributed by atoms with Crippen LogP contribution in [0.1, 0.15) is 51.3 Å². The lowest BCUT2D eigenvalue weighted by Crippen LogP contribution is -2.12. The summed E-state index contributed by atoms with van der Waals surface area (Å²) in [6.45, 7) is 13.5. The van der Waals surface area contributed by atoms with Crippen LogP contribution in [0.2, 0.25) is 0 Å². The molecule has 0 fully saturated rings. The zero-order valence-corrected chi connectivity index (χ0v) is 23.3. The highest BCUT2D eigenvalue weighted by Crippen LogP contribution is 2.43. The summed E-state index contributed by atoms with van der Waals surface area (Å²) in [6.07, 6.45) is 3.00. The average molecular weight is 504 g/mol. The van der Waals surface area contributed by atoms with Crippen molar-refractivity contribution in [3.63, 3.8) is 0 Å². The standard InChI is InChI=1S/C34H33NOS/c1-20(2)15-22-11-12-25-21(3)33(36-29(25)16-22)31-19-27-30(37-31)13-14-35-32(27)24-17-23-9-7-8-10-26(23)28(18-24)34(4,5)6/h7-14,16-20H,15H2,1-6H3. The van der Waals surface area contributed by atoms with Crippen molar-refractivity contribution in [2.45, 2.75) is 53.4 Å². The minimum atomic E-state index is 0.0309. The lowest BCUT2D eigenvalue weighted by molar-refractivity contribution is 0.596. The van der Waals surface area contributed by atoms with E-state index >= 15 is 0 Å². The Hall–Kier alpha value is -3.43. The third-order valence-electron chi connectivity index (χ3n) is 7.26. The number of nitrogens with zero attached hydrogens (tertiary/aromatic N) is 1. The van der Waals surface area contributed by atoms with E-state index in [1.165, 1.54) is 48.5 Å². The van der Waals surface area contributed by atoms with E-state index < -0.39 is 0 Å². The number of rotatable bonds is 4. The number of thiophene rings is 1. The van der Waals surface area contributed by atoms with E-state index in [-0.39, 0.29) is 5.41 Å². The molecule has 0 N–H and O–H groups in total. The molecular formula is C34H33NOS. The van der Waals surface area contributed by atoms with Gasteiger partial charge in [-0.15, -0.1) is 11.3 Å². The Bertz CT molecular complexity index is 1780. The van der Waals surface area contributed by atoms with Crippen LogP contribution in [0.25, 0.3) is 53.7 Å². The lowest BCUT2D eigenvalue weighted by atomic mass is 9.82. The van der Waals surface area contributed by atoms with Gasteiger partial charge in [0.15, 0.2) is 0 Å². The number of hydrogen-bond donors (Lipinski definition) is 0. The van der Waals surface area contributed by atoms with Gasteiger partial charge in [0.25, 0.3) is 0 Å². The molecule has 0 amide bonds. The maximum Gasteiger partial charge on any atom is 0.148 e. The summed E-state index contributed by atoms with van der Waals surface area (Å²) in [5.74, 6) is 1.59. The monoisotopic (exact) mass is 503 g/mol. The van der Waals surface area contributed by atoms with Crippen molar-refractivity contribution in [1.29, 1.82) is 0 Å². The molecule has 37 heavy (non-hydrogen) atoms. The second kappa shape index (κ2) is 8.85. The van der Waals surface area contributed by atoms with Crippen LogP contribution in [0, 0.1) is 12.8 Å². The van der Waals surface area contributed by atoms with Crippen molar-refractivity contribution in [2.24, 2.45) is 5.92 Å². The number of furan rings is 1. The molecule has 3 aromatic carbocycles. The molecule has 0 aliphatic rings. The van der Waals surface area contributed by atoms with E-state index in [4.69, 9.17) is 9.40 Å². The first-order valence-corrected chi connectivity index (χ1v) is 14.0. The molecular weight excluding hydrogens is 470 g/mol. The van der Waals surface area contributed by atoms with Crippen LogP contribution in [-0.4, -0.2) is 4.98 Å². The summed E-state index contributed by atoms with van der Waals surface area (Å²) < 4.78 is 7.72. The van der Waals surface area contributed by atoms with Gasteiger partial charge in [0.1, 0.15) is 11.3 Å². The number of benzene rings is 3. The minimum Gasteiger partial charge on any atom is -0.455 e. The third kappa shape index (κ3) is 4.26. The Morgan fingerprint density at radius 2 is 1.70 bits per heavy atom. The third-order valence-corrected chi connectivity index (χ3v) is 8.36. The maximum atomic E-state index is 6.49. The Morgan fingerprint density at radius 3 is 2.49 bits per heavy atom. The molecule has 6 aromatic rings. The predicted octanol–water partition coefficient (Wildman–Crippen LogP) is 10.3. The van der Waals surface area contributed by atoms with E-state index in [2.05, 4.69) is 108 Å². The predicted molar refractivity (Wildman–Crippen MR) is 160 cm³/mol. The fraction of sp³-hybridized carbons (Fsp3) is 0.265. The van der Waals surface area contributed by atoms with Crippen LogP contribution < -0.4 is 0 Å². The quantitative estimate of drug-likeness (QED) is 0.239. The molecule has 0 saturated heterocycles. The SMILES string of the molecule is Cc1c(-c2cc3c(-c4cc(C(C)(C)C)c5ccccc5c4)nccc3s2)oc2cc(CC(C)C)ccc12. The molecule has 0 saturated carbocycles. The van der Waals surface area contributed by atoms with Gasteiger partial charge in [0.2, 0.25) is 0 Å². The van der Waals surface area contributed by atoms with Crippen molar-refractivity contribution >= 4 is 43.2 Å². The van der Waals surface area contributed by atoms with E-state index in [9.17, 15) is 0 Å². The highest BCUT2D eigenvalue weighted by atomic mass is 32.1. The summed E-state index contributed by atoms with van der Waals surface area (Å²) >= 11 is 1.78. The van der Waals surface area contributed by atoms with Gasteiger partial charge in [-0.1, -0.05) is 71.0 Å². The minimum absolute atomic E-state index is 0.0309. The second-order valence-corrected chi connectivity index (χ2v) is 12.7. The molecule has 186 valence electrons. The number of aryl methyl sites for hydroxylation is 1.